The van der Waals surface area contributed by atoms with E-state index in [0.717, 1.165) is 5.57 Å². The number of ether oxygens (including phenoxy) is 1. The Bertz CT molecular complexity index is 364. The summed E-state index contributed by atoms with van der Waals surface area (Å²) in [4.78, 5) is 10.2. The van der Waals surface area contributed by atoms with Crippen LogP contribution in [-0.4, -0.2) is 13.1 Å². The highest BCUT2D eigenvalue weighted by Gasteiger charge is 1.95. The number of carbonyl (C=O) groups excluding carboxylic acids is 1. The molecule has 1 aromatic rings. The van der Waals surface area contributed by atoms with Crippen LogP contribution in [0.1, 0.15) is 19.4 Å². The van der Waals surface area contributed by atoms with Crippen molar-refractivity contribution in [3.63, 3.8) is 0 Å². The van der Waals surface area contributed by atoms with Crippen molar-refractivity contribution in [3.8, 4) is 0 Å². The maximum absolute atomic E-state index is 10.2. The van der Waals surface area contributed by atoms with Crippen molar-refractivity contribution in [1.82, 2.24) is 0 Å². The second-order valence-corrected chi connectivity index (χ2v) is 3.42. The Morgan fingerprint density at radius 1 is 1.12 bits per heavy atom. The summed E-state index contributed by atoms with van der Waals surface area (Å²) in [7, 11) is 1.33. The maximum Gasteiger partial charge on any atom is 0.332 e. The Labute approximate surface area is 97.3 Å². The van der Waals surface area contributed by atoms with Crippen molar-refractivity contribution in [3.05, 3.63) is 54.6 Å². The molecular weight excluding hydrogens is 200 g/mol. The number of carbonyl (C=O) groups is 1. The van der Waals surface area contributed by atoms with Crippen LogP contribution in [0.15, 0.2) is 49.1 Å². The summed E-state index contributed by atoms with van der Waals surface area (Å²) in [6.07, 6.45) is 0. The van der Waals surface area contributed by atoms with Crippen molar-refractivity contribution >= 4 is 11.5 Å². The number of hydrogen-bond acceptors (Lipinski definition) is 2. The molecule has 0 unspecified atom stereocenters. The van der Waals surface area contributed by atoms with Crippen molar-refractivity contribution in [1.29, 1.82) is 0 Å². The van der Waals surface area contributed by atoms with Gasteiger partial charge in [0.15, 0.2) is 0 Å². The van der Waals surface area contributed by atoms with E-state index in [9.17, 15) is 4.79 Å². The van der Waals surface area contributed by atoms with E-state index < -0.39 is 0 Å². The number of rotatable bonds is 2. The Morgan fingerprint density at radius 2 is 1.62 bits per heavy atom. The van der Waals surface area contributed by atoms with Crippen LogP contribution in [0.4, 0.5) is 0 Å². The Hall–Kier alpha value is -1.83. The minimum atomic E-state index is -0.347. The number of hydrogen-bond donors (Lipinski definition) is 0. The van der Waals surface area contributed by atoms with Gasteiger partial charge in [-0.05, 0) is 19.4 Å². The summed E-state index contributed by atoms with van der Waals surface area (Å²) < 4.78 is 4.27. The van der Waals surface area contributed by atoms with Gasteiger partial charge in [0.25, 0.3) is 0 Å². The van der Waals surface area contributed by atoms with Crippen molar-refractivity contribution in [2.24, 2.45) is 0 Å². The number of allylic oxidation sites excluding steroid dienone is 1. The van der Waals surface area contributed by atoms with Gasteiger partial charge in [0, 0.05) is 5.57 Å². The standard InChI is InChI=1S/C9H10.C5H8O2/c1-8(2)9-6-4-3-5-7-9;1-4(2)5(6)7-3/h3-7H,1H2,2H3;1H2,2-3H3. The molecule has 86 valence electrons. The Kier molecular flexibility index (Phi) is 6.61. The zero-order chi connectivity index (χ0) is 12.6. The van der Waals surface area contributed by atoms with Gasteiger partial charge in [0.2, 0.25) is 0 Å². The van der Waals surface area contributed by atoms with Crippen molar-refractivity contribution in [2.75, 3.05) is 7.11 Å². The van der Waals surface area contributed by atoms with Crippen LogP contribution in [0.2, 0.25) is 0 Å². The van der Waals surface area contributed by atoms with Crippen LogP contribution in [0.25, 0.3) is 5.57 Å². The fourth-order valence-corrected chi connectivity index (χ4v) is 0.897. The SMILES string of the molecule is C=C(C)C(=O)OC.C=C(C)c1ccccc1. The first-order valence-electron chi connectivity index (χ1n) is 4.93. The molecule has 0 spiro atoms. The quantitative estimate of drug-likeness (QED) is 0.561. The lowest BCUT2D eigenvalue weighted by atomic mass is 10.1. The van der Waals surface area contributed by atoms with Crippen LogP contribution in [0, 0.1) is 0 Å². The molecule has 1 rings (SSSR count). The molecule has 0 aliphatic carbocycles. The van der Waals surface area contributed by atoms with Crippen LogP contribution < -0.4 is 0 Å². The number of esters is 1. The molecule has 2 nitrogen and oxygen atoms in total. The molecular formula is C14H18O2. The molecule has 0 aliphatic heterocycles. The van der Waals surface area contributed by atoms with E-state index in [1.165, 1.54) is 12.7 Å². The third-order valence-electron chi connectivity index (χ3n) is 1.80. The summed E-state index contributed by atoms with van der Waals surface area (Å²) in [6.45, 7) is 10.8. The lowest BCUT2D eigenvalue weighted by Gasteiger charge is -1.94. The summed E-state index contributed by atoms with van der Waals surface area (Å²) in [5.74, 6) is -0.347. The van der Waals surface area contributed by atoms with Crippen molar-refractivity contribution < 1.29 is 9.53 Å². The number of methoxy groups -OCH3 is 1. The lowest BCUT2D eigenvalue weighted by Crippen LogP contribution is -1.98. The van der Waals surface area contributed by atoms with Gasteiger partial charge >= 0.3 is 5.97 Å². The molecule has 16 heavy (non-hydrogen) atoms. The second kappa shape index (κ2) is 7.46. The Balaban J connectivity index is 0.000000293. The van der Waals surface area contributed by atoms with Crippen molar-refractivity contribution in [2.45, 2.75) is 13.8 Å². The van der Waals surface area contributed by atoms with E-state index >= 15 is 0 Å². The topological polar surface area (TPSA) is 26.3 Å². The zero-order valence-electron chi connectivity index (χ0n) is 10.1. The molecule has 0 heterocycles. The van der Waals surface area contributed by atoms with Crippen LogP contribution in [0.5, 0.6) is 0 Å². The molecule has 0 fully saturated rings. The molecule has 1 aromatic carbocycles. The van der Waals surface area contributed by atoms with Crippen LogP contribution in [0.3, 0.4) is 0 Å². The average Bonchev–Trinajstić information content (AvgIpc) is 2.29. The molecule has 0 saturated heterocycles. The predicted octanol–water partition coefficient (Wildman–Crippen LogP) is 3.46. The van der Waals surface area contributed by atoms with E-state index in [1.54, 1.807) is 6.92 Å². The molecule has 0 aliphatic rings. The van der Waals surface area contributed by atoms with Gasteiger partial charge in [-0.1, -0.05) is 49.1 Å². The van der Waals surface area contributed by atoms with Crippen LogP contribution >= 0.6 is 0 Å². The van der Waals surface area contributed by atoms with Gasteiger partial charge in [-0.2, -0.15) is 0 Å². The molecule has 2 heteroatoms. The van der Waals surface area contributed by atoms with Crippen LogP contribution in [-0.2, 0) is 9.53 Å². The third kappa shape index (κ3) is 5.81. The molecule has 0 atom stereocenters. The highest BCUT2D eigenvalue weighted by molar-refractivity contribution is 5.86. The second-order valence-electron chi connectivity index (χ2n) is 3.42. The minimum absolute atomic E-state index is 0.347. The first-order valence-corrected chi connectivity index (χ1v) is 4.93. The van der Waals surface area contributed by atoms with Gasteiger partial charge < -0.3 is 4.74 Å². The predicted molar refractivity (Wildman–Crippen MR) is 68.0 cm³/mol. The Morgan fingerprint density at radius 3 is 1.81 bits per heavy atom. The average molecular weight is 218 g/mol. The summed E-state index contributed by atoms with van der Waals surface area (Å²) in [6, 6.07) is 10.2. The van der Waals surface area contributed by atoms with E-state index in [0.29, 0.717) is 5.57 Å². The monoisotopic (exact) mass is 218 g/mol. The smallest absolute Gasteiger partial charge is 0.332 e. The van der Waals surface area contributed by atoms with E-state index in [2.05, 4.69) is 30.0 Å². The highest BCUT2D eigenvalue weighted by atomic mass is 16.5. The minimum Gasteiger partial charge on any atom is -0.466 e. The normalized spacial score (nSPS) is 8.44. The fraction of sp³-hybridized carbons (Fsp3) is 0.214. The zero-order valence-corrected chi connectivity index (χ0v) is 10.1. The fourth-order valence-electron chi connectivity index (χ4n) is 0.897. The summed E-state index contributed by atoms with van der Waals surface area (Å²) in [5, 5.41) is 0. The lowest BCUT2D eigenvalue weighted by molar-refractivity contribution is -0.136. The molecule has 0 bridgehead atoms. The summed E-state index contributed by atoms with van der Waals surface area (Å²) >= 11 is 0. The largest absolute Gasteiger partial charge is 0.466 e. The van der Waals surface area contributed by atoms with E-state index in [1.807, 2.05) is 25.1 Å². The first kappa shape index (κ1) is 14.2. The highest BCUT2D eigenvalue weighted by Crippen LogP contribution is 2.08. The number of benzene rings is 1. The maximum atomic E-state index is 10.2. The van der Waals surface area contributed by atoms with E-state index in [4.69, 9.17) is 0 Å². The molecule has 0 amide bonds. The molecule has 0 radical (unpaired) electrons. The van der Waals surface area contributed by atoms with Gasteiger partial charge in [-0.15, -0.1) is 0 Å². The summed E-state index contributed by atoms with van der Waals surface area (Å²) in [5.41, 5.74) is 2.77. The molecule has 0 N–H and O–H groups in total. The van der Waals surface area contributed by atoms with Gasteiger partial charge in [-0.3, -0.25) is 0 Å². The van der Waals surface area contributed by atoms with Gasteiger partial charge in [0.1, 0.15) is 0 Å². The molecule has 0 saturated carbocycles. The third-order valence-corrected chi connectivity index (χ3v) is 1.80. The van der Waals surface area contributed by atoms with E-state index in [-0.39, 0.29) is 5.97 Å². The van der Waals surface area contributed by atoms with Gasteiger partial charge in [0.05, 0.1) is 7.11 Å². The van der Waals surface area contributed by atoms with Gasteiger partial charge in [-0.25, -0.2) is 4.79 Å². The molecule has 0 aromatic heterocycles. The first-order chi connectivity index (χ1) is 7.49.